The molecule has 1 heterocycles. The number of benzene rings is 2. The van der Waals surface area contributed by atoms with Crippen molar-refractivity contribution in [2.75, 3.05) is 59.7 Å². The van der Waals surface area contributed by atoms with Crippen LogP contribution in [0.4, 0.5) is 4.39 Å². The van der Waals surface area contributed by atoms with Crippen molar-refractivity contribution in [2.24, 2.45) is 0 Å². The van der Waals surface area contributed by atoms with Gasteiger partial charge in [-0.15, -0.1) is 0 Å². The molecule has 2 aromatic rings. The van der Waals surface area contributed by atoms with Crippen molar-refractivity contribution in [1.29, 1.82) is 0 Å². The van der Waals surface area contributed by atoms with Crippen LogP contribution in [0.3, 0.4) is 0 Å². The van der Waals surface area contributed by atoms with Gasteiger partial charge in [0.15, 0.2) is 0 Å². The van der Waals surface area contributed by atoms with Crippen LogP contribution in [0.1, 0.15) is 5.56 Å². The fraction of sp³-hybridized carbons (Fsp3) is 0.480. The summed E-state index contributed by atoms with van der Waals surface area (Å²) in [5.74, 6) is 0.219. The number of β-amino-alcohol motifs (C(OH)–C–C–N with tert-alkyl or cyclic N) is 1. The van der Waals surface area contributed by atoms with Gasteiger partial charge >= 0.3 is 0 Å². The van der Waals surface area contributed by atoms with Gasteiger partial charge in [0.2, 0.25) is 5.91 Å². The maximum atomic E-state index is 13.0. The Bertz CT molecular complexity index is 836. The van der Waals surface area contributed by atoms with Crippen LogP contribution in [-0.4, -0.2) is 92.7 Å². The molecule has 7 nitrogen and oxygen atoms in total. The fourth-order valence-electron chi connectivity index (χ4n) is 3.78. The second-order valence-electron chi connectivity index (χ2n) is 8.17. The van der Waals surface area contributed by atoms with E-state index < -0.39 is 6.10 Å². The third-order valence-corrected chi connectivity index (χ3v) is 5.49. The molecule has 0 unspecified atom stereocenters. The number of halogens is 1. The van der Waals surface area contributed by atoms with E-state index in [0.29, 0.717) is 58.1 Å². The fourth-order valence-corrected chi connectivity index (χ4v) is 3.78. The zero-order chi connectivity index (χ0) is 23.5. The number of methoxy groups -OCH3 is 1. The lowest BCUT2D eigenvalue weighted by molar-refractivity contribution is -0.135. The topological polar surface area (TPSA) is 71.5 Å². The average molecular weight is 461 g/mol. The van der Waals surface area contributed by atoms with Crippen LogP contribution in [0, 0.1) is 5.82 Å². The minimum Gasteiger partial charge on any atom is -0.491 e. The second kappa shape index (κ2) is 13.3. The molecule has 0 spiro atoms. The summed E-state index contributed by atoms with van der Waals surface area (Å²) in [5.41, 5.74) is 0.973. The molecule has 0 aliphatic carbocycles. The number of aliphatic hydroxyl groups excluding tert-OH is 1. The van der Waals surface area contributed by atoms with Crippen LogP contribution in [-0.2, 0) is 20.7 Å². The second-order valence-corrected chi connectivity index (χ2v) is 8.17. The lowest BCUT2D eigenvalue weighted by Gasteiger charge is -2.36. The Hall–Kier alpha value is -2.52. The maximum Gasteiger partial charge on any atom is 0.227 e. The van der Waals surface area contributed by atoms with Crippen molar-refractivity contribution in [1.82, 2.24) is 9.80 Å². The molecule has 1 N–H and O–H groups in total. The van der Waals surface area contributed by atoms with Crippen molar-refractivity contribution < 1.29 is 28.5 Å². The summed E-state index contributed by atoms with van der Waals surface area (Å²) in [4.78, 5) is 16.8. The Morgan fingerprint density at radius 3 is 2.73 bits per heavy atom. The maximum absolute atomic E-state index is 13.0. The van der Waals surface area contributed by atoms with Crippen molar-refractivity contribution >= 4 is 5.91 Å². The molecule has 3 rings (SSSR count). The summed E-state index contributed by atoms with van der Waals surface area (Å²) < 4.78 is 29.7. The van der Waals surface area contributed by atoms with Gasteiger partial charge < -0.3 is 24.2 Å². The van der Waals surface area contributed by atoms with Crippen molar-refractivity contribution in [3.63, 3.8) is 0 Å². The van der Waals surface area contributed by atoms with Gasteiger partial charge in [0.25, 0.3) is 0 Å². The zero-order valence-electron chi connectivity index (χ0n) is 19.1. The summed E-state index contributed by atoms with van der Waals surface area (Å²) >= 11 is 0. The molecule has 0 saturated carbocycles. The largest absolute Gasteiger partial charge is 0.491 e. The van der Waals surface area contributed by atoms with Gasteiger partial charge in [-0.25, -0.2) is 4.39 Å². The van der Waals surface area contributed by atoms with E-state index in [1.807, 2.05) is 30.3 Å². The molecule has 2 atom stereocenters. The van der Waals surface area contributed by atoms with E-state index in [-0.39, 0.29) is 24.4 Å². The van der Waals surface area contributed by atoms with Gasteiger partial charge in [-0.2, -0.15) is 0 Å². The first-order chi connectivity index (χ1) is 16.0. The Kier molecular flexibility index (Phi) is 10.1. The van der Waals surface area contributed by atoms with Crippen LogP contribution in [0.25, 0.3) is 0 Å². The minimum absolute atomic E-state index is 0.0340. The predicted molar refractivity (Wildman–Crippen MR) is 123 cm³/mol. The first-order valence-corrected chi connectivity index (χ1v) is 11.2. The number of hydrogen-bond donors (Lipinski definition) is 1. The Morgan fingerprint density at radius 2 is 2.00 bits per heavy atom. The van der Waals surface area contributed by atoms with E-state index in [4.69, 9.17) is 14.2 Å². The molecule has 8 heteroatoms. The third kappa shape index (κ3) is 8.74. The quantitative estimate of drug-likeness (QED) is 0.522. The van der Waals surface area contributed by atoms with Crippen LogP contribution in [0.15, 0.2) is 54.6 Å². The van der Waals surface area contributed by atoms with E-state index in [2.05, 4.69) is 4.90 Å². The molecule has 1 aliphatic heterocycles. The molecule has 0 radical (unpaired) electrons. The molecule has 0 bridgehead atoms. The average Bonchev–Trinajstić information content (AvgIpc) is 2.82. The zero-order valence-corrected chi connectivity index (χ0v) is 19.1. The highest BCUT2D eigenvalue weighted by atomic mass is 19.1. The van der Waals surface area contributed by atoms with Crippen LogP contribution >= 0.6 is 0 Å². The molecule has 1 amide bonds. The number of carbonyl (C=O) groups is 1. The van der Waals surface area contributed by atoms with E-state index in [1.165, 1.54) is 24.3 Å². The molecule has 1 saturated heterocycles. The highest BCUT2D eigenvalue weighted by Crippen LogP contribution is 2.13. The molecule has 1 aliphatic rings. The van der Waals surface area contributed by atoms with Gasteiger partial charge in [-0.1, -0.05) is 30.3 Å². The van der Waals surface area contributed by atoms with Crippen LogP contribution in [0.5, 0.6) is 5.75 Å². The summed E-state index contributed by atoms with van der Waals surface area (Å²) in [6, 6.07) is 15.4. The number of aliphatic hydroxyl groups is 1. The van der Waals surface area contributed by atoms with Crippen molar-refractivity contribution in [3.8, 4) is 5.75 Å². The van der Waals surface area contributed by atoms with Crippen molar-refractivity contribution in [3.05, 3.63) is 66.0 Å². The van der Waals surface area contributed by atoms with E-state index in [0.717, 1.165) is 5.56 Å². The SMILES string of the molecule is COCCN(C[C@@H]1CN(C[C@@H](O)COc2ccc(F)cc2)CCO1)C(=O)Cc1ccccc1. The number of morpholine rings is 1. The lowest BCUT2D eigenvalue weighted by Crippen LogP contribution is -2.51. The number of nitrogens with zero attached hydrogens (tertiary/aromatic N) is 2. The van der Waals surface area contributed by atoms with Gasteiger partial charge in [-0.05, 0) is 29.8 Å². The minimum atomic E-state index is -0.696. The smallest absolute Gasteiger partial charge is 0.227 e. The Labute approximate surface area is 194 Å². The van der Waals surface area contributed by atoms with Gasteiger partial charge in [0, 0.05) is 39.8 Å². The Balaban J connectivity index is 1.48. The highest BCUT2D eigenvalue weighted by Gasteiger charge is 2.26. The van der Waals surface area contributed by atoms with E-state index in [1.54, 1.807) is 12.0 Å². The molecular weight excluding hydrogens is 427 g/mol. The molecule has 33 heavy (non-hydrogen) atoms. The molecular formula is C25H33FN2O5. The normalized spacial score (nSPS) is 17.5. The summed E-state index contributed by atoms with van der Waals surface area (Å²) in [5, 5.41) is 10.4. The standard InChI is InChI=1S/C25H33FN2O5/c1-31-13-12-28(25(30)15-20-5-3-2-4-6-20)18-24-17-27(11-14-32-24)16-22(29)19-33-23-9-7-21(26)8-10-23/h2-10,22,24,29H,11-19H2,1H3/t22-,24+/m1/s1. The molecule has 1 fully saturated rings. The monoisotopic (exact) mass is 460 g/mol. The number of amides is 1. The lowest BCUT2D eigenvalue weighted by atomic mass is 10.1. The van der Waals surface area contributed by atoms with Gasteiger partial charge in [-0.3, -0.25) is 9.69 Å². The number of hydrogen-bond acceptors (Lipinski definition) is 6. The summed E-state index contributed by atoms with van der Waals surface area (Å²) in [6.45, 7) is 3.79. The van der Waals surface area contributed by atoms with Gasteiger partial charge in [0.1, 0.15) is 24.3 Å². The van der Waals surface area contributed by atoms with Gasteiger partial charge in [0.05, 0.1) is 25.7 Å². The van der Waals surface area contributed by atoms with E-state index >= 15 is 0 Å². The summed E-state index contributed by atoms with van der Waals surface area (Å²) in [7, 11) is 1.62. The summed E-state index contributed by atoms with van der Waals surface area (Å²) in [6.07, 6.45) is -0.515. The number of rotatable bonds is 12. The van der Waals surface area contributed by atoms with Crippen LogP contribution < -0.4 is 4.74 Å². The van der Waals surface area contributed by atoms with Crippen LogP contribution in [0.2, 0.25) is 0 Å². The first-order valence-electron chi connectivity index (χ1n) is 11.2. The number of carbonyl (C=O) groups excluding carboxylic acids is 1. The first kappa shape index (κ1) is 25.1. The predicted octanol–water partition coefficient (Wildman–Crippen LogP) is 1.98. The molecule has 180 valence electrons. The van der Waals surface area contributed by atoms with Crippen molar-refractivity contribution in [2.45, 2.75) is 18.6 Å². The highest BCUT2D eigenvalue weighted by molar-refractivity contribution is 5.78. The Morgan fingerprint density at radius 1 is 1.24 bits per heavy atom. The molecule has 0 aromatic heterocycles. The van der Waals surface area contributed by atoms with E-state index in [9.17, 15) is 14.3 Å². The molecule has 2 aromatic carbocycles. The number of ether oxygens (including phenoxy) is 3. The third-order valence-electron chi connectivity index (χ3n) is 5.49.